The summed E-state index contributed by atoms with van der Waals surface area (Å²) >= 11 is 0. The number of benzene rings is 1. The van der Waals surface area contributed by atoms with Gasteiger partial charge in [0.2, 0.25) is 0 Å². The monoisotopic (exact) mass is 222 g/mol. The summed E-state index contributed by atoms with van der Waals surface area (Å²) < 4.78 is 15.3. The summed E-state index contributed by atoms with van der Waals surface area (Å²) in [5.41, 5.74) is 0.526. The zero-order valence-electron chi connectivity index (χ0n) is 8.81. The molecule has 0 amide bonds. The second kappa shape index (κ2) is 3.77. The molecule has 0 radical (unpaired) electrons. The third kappa shape index (κ3) is 1.37. The molecule has 5 nitrogen and oxygen atoms in total. The van der Waals surface area contributed by atoms with Crippen molar-refractivity contribution in [2.75, 3.05) is 14.2 Å². The molecule has 1 N–H and O–H groups in total. The van der Waals surface area contributed by atoms with Gasteiger partial charge < -0.3 is 19.0 Å². The predicted octanol–water partition coefficient (Wildman–Crippen LogP) is 2.15. The molecule has 0 bridgehead atoms. The highest BCUT2D eigenvalue weighted by Crippen LogP contribution is 2.37. The minimum absolute atomic E-state index is 0.00102. The van der Waals surface area contributed by atoms with Crippen LogP contribution in [0.2, 0.25) is 0 Å². The van der Waals surface area contributed by atoms with Crippen LogP contribution in [0.5, 0.6) is 11.5 Å². The average Bonchev–Trinajstić information content (AvgIpc) is 2.73. The van der Waals surface area contributed by atoms with Gasteiger partial charge in [-0.3, -0.25) is 0 Å². The van der Waals surface area contributed by atoms with Crippen molar-refractivity contribution in [2.24, 2.45) is 0 Å². The van der Waals surface area contributed by atoms with E-state index in [1.165, 1.54) is 26.5 Å². The number of methoxy groups -OCH3 is 2. The molecular weight excluding hydrogens is 212 g/mol. The number of fused-ring (bicyclic) bond motifs is 1. The third-order valence-corrected chi connectivity index (χ3v) is 2.31. The quantitative estimate of drug-likeness (QED) is 0.861. The molecule has 0 spiro atoms. The first-order valence-corrected chi connectivity index (χ1v) is 4.54. The summed E-state index contributed by atoms with van der Waals surface area (Å²) in [6, 6.07) is 3.18. The maximum atomic E-state index is 11.1. The van der Waals surface area contributed by atoms with E-state index in [0.29, 0.717) is 11.0 Å². The largest absolute Gasteiger partial charge is 0.496 e. The molecule has 0 atom stereocenters. The number of rotatable bonds is 3. The number of hydrogen-bond donors (Lipinski definition) is 1. The van der Waals surface area contributed by atoms with Crippen molar-refractivity contribution >= 4 is 16.9 Å². The van der Waals surface area contributed by atoms with Crippen LogP contribution in [-0.2, 0) is 0 Å². The van der Waals surface area contributed by atoms with E-state index in [-0.39, 0.29) is 17.1 Å². The Kier molecular flexibility index (Phi) is 2.44. The Labute approximate surface area is 91.2 Å². The average molecular weight is 222 g/mol. The SMILES string of the molecule is COc1cc2occc2c(OC)c1C(=O)O. The number of carboxylic acid groups (broad SMARTS) is 1. The van der Waals surface area contributed by atoms with Crippen LogP contribution in [0.3, 0.4) is 0 Å². The molecule has 1 heterocycles. The summed E-state index contributed by atoms with van der Waals surface area (Å²) in [4.78, 5) is 11.1. The molecule has 0 aliphatic rings. The zero-order valence-corrected chi connectivity index (χ0v) is 8.81. The highest BCUT2D eigenvalue weighted by atomic mass is 16.5. The molecule has 16 heavy (non-hydrogen) atoms. The number of carboxylic acids is 1. The molecule has 0 unspecified atom stereocenters. The van der Waals surface area contributed by atoms with Crippen LogP contribution in [0.4, 0.5) is 0 Å². The van der Waals surface area contributed by atoms with Crippen molar-refractivity contribution in [2.45, 2.75) is 0 Å². The molecule has 0 aliphatic heterocycles. The van der Waals surface area contributed by atoms with Crippen LogP contribution < -0.4 is 9.47 Å². The second-order valence-electron chi connectivity index (χ2n) is 3.12. The molecule has 5 heteroatoms. The Hall–Kier alpha value is -2.17. The van der Waals surface area contributed by atoms with Crippen molar-refractivity contribution < 1.29 is 23.8 Å². The molecule has 0 saturated carbocycles. The lowest BCUT2D eigenvalue weighted by Crippen LogP contribution is -2.04. The minimum atomic E-state index is -1.10. The predicted molar refractivity (Wildman–Crippen MR) is 56.3 cm³/mol. The summed E-state index contributed by atoms with van der Waals surface area (Å²) in [7, 11) is 2.81. The van der Waals surface area contributed by atoms with Crippen LogP contribution in [-0.4, -0.2) is 25.3 Å². The minimum Gasteiger partial charge on any atom is -0.496 e. The fourth-order valence-corrected chi connectivity index (χ4v) is 1.63. The summed E-state index contributed by atoms with van der Waals surface area (Å²) in [5, 5.41) is 9.73. The molecule has 1 aromatic heterocycles. The first kappa shape index (κ1) is 10.4. The fraction of sp³-hybridized carbons (Fsp3) is 0.182. The van der Waals surface area contributed by atoms with Crippen LogP contribution >= 0.6 is 0 Å². The van der Waals surface area contributed by atoms with Gasteiger partial charge in [-0.1, -0.05) is 0 Å². The van der Waals surface area contributed by atoms with Gasteiger partial charge in [0.05, 0.1) is 25.9 Å². The van der Waals surface area contributed by atoms with E-state index >= 15 is 0 Å². The maximum absolute atomic E-state index is 11.1. The Morgan fingerprint density at radius 3 is 2.69 bits per heavy atom. The number of ether oxygens (including phenoxy) is 2. The molecule has 0 saturated heterocycles. The lowest BCUT2D eigenvalue weighted by molar-refractivity contribution is 0.0690. The summed E-state index contributed by atoms with van der Waals surface area (Å²) in [6.07, 6.45) is 1.47. The normalized spacial score (nSPS) is 10.4. The van der Waals surface area contributed by atoms with E-state index in [1.807, 2.05) is 0 Å². The van der Waals surface area contributed by atoms with Crippen molar-refractivity contribution in [3.8, 4) is 11.5 Å². The van der Waals surface area contributed by atoms with Crippen molar-refractivity contribution in [1.82, 2.24) is 0 Å². The number of carbonyl (C=O) groups is 1. The van der Waals surface area contributed by atoms with Crippen molar-refractivity contribution in [1.29, 1.82) is 0 Å². The van der Waals surface area contributed by atoms with Crippen LogP contribution in [0.1, 0.15) is 10.4 Å². The Bertz CT molecular complexity index is 541. The van der Waals surface area contributed by atoms with E-state index in [2.05, 4.69) is 0 Å². The van der Waals surface area contributed by atoms with Crippen molar-refractivity contribution in [3.05, 3.63) is 24.0 Å². The van der Waals surface area contributed by atoms with Gasteiger partial charge in [-0.2, -0.15) is 0 Å². The summed E-state index contributed by atoms with van der Waals surface area (Å²) in [5.74, 6) is -0.640. The first-order chi connectivity index (χ1) is 7.69. The van der Waals surface area contributed by atoms with Gasteiger partial charge in [-0.25, -0.2) is 4.79 Å². The molecule has 0 aliphatic carbocycles. The number of furan rings is 1. The lowest BCUT2D eigenvalue weighted by Gasteiger charge is -2.10. The van der Waals surface area contributed by atoms with E-state index in [1.54, 1.807) is 6.07 Å². The highest BCUT2D eigenvalue weighted by molar-refractivity contribution is 6.02. The van der Waals surface area contributed by atoms with E-state index in [9.17, 15) is 4.79 Å². The Balaban J connectivity index is 2.86. The highest BCUT2D eigenvalue weighted by Gasteiger charge is 2.22. The molecule has 0 fully saturated rings. The van der Waals surface area contributed by atoms with Crippen LogP contribution in [0.25, 0.3) is 11.0 Å². The smallest absolute Gasteiger partial charge is 0.343 e. The molecule has 2 aromatic rings. The zero-order chi connectivity index (χ0) is 11.7. The van der Waals surface area contributed by atoms with Gasteiger partial charge in [0, 0.05) is 6.07 Å². The van der Waals surface area contributed by atoms with Gasteiger partial charge in [-0.15, -0.1) is 0 Å². The Morgan fingerprint density at radius 2 is 2.12 bits per heavy atom. The number of aromatic carboxylic acids is 1. The topological polar surface area (TPSA) is 68.9 Å². The van der Waals surface area contributed by atoms with Crippen molar-refractivity contribution in [3.63, 3.8) is 0 Å². The molecule has 1 aromatic carbocycles. The van der Waals surface area contributed by atoms with Crippen LogP contribution in [0, 0.1) is 0 Å². The fourth-order valence-electron chi connectivity index (χ4n) is 1.63. The molecule has 2 rings (SSSR count). The van der Waals surface area contributed by atoms with Gasteiger partial charge in [-0.05, 0) is 6.07 Å². The Morgan fingerprint density at radius 1 is 1.38 bits per heavy atom. The van der Waals surface area contributed by atoms with E-state index in [4.69, 9.17) is 19.0 Å². The van der Waals surface area contributed by atoms with Crippen LogP contribution in [0.15, 0.2) is 22.8 Å². The maximum Gasteiger partial charge on any atom is 0.343 e. The lowest BCUT2D eigenvalue weighted by atomic mass is 10.1. The number of hydrogen-bond acceptors (Lipinski definition) is 4. The second-order valence-corrected chi connectivity index (χ2v) is 3.12. The summed E-state index contributed by atoms with van der Waals surface area (Å²) in [6.45, 7) is 0. The molecule has 84 valence electrons. The van der Waals surface area contributed by atoms with E-state index < -0.39 is 5.97 Å². The first-order valence-electron chi connectivity index (χ1n) is 4.54. The van der Waals surface area contributed by atoms with Gasteiger partial charge >= 0.3 is 5.97 Å². The van der Waals surface area contributed by atoms with Gasteiger partial charge in [0.1, 0.15) is 22.6 Å². The van der Waals surface area contributed by atoms with E-state index in [0.717, 1.165) is 0 Å². The van der Waals surface area contributed by atoms with Gasteiger partial charge in [0.15, 0.2) is 0 Å². The van der Waals surface area contributed by atoms with Gasteiger partial charge in [0.25, 0.3) is 0 Å². The standard InChI is InChI=1S/C11H10O5/c1-14-8-5-7-6(3-4-16-7)10(15-2)9(8)11(12)13/h3-5H,1-2H3,(H,12,13). The molecular formula is C11H10O5. The third-order valence-electron chi connectivity index (χ3n) is 2.31.